The molecule has 132 valence electrons. The molecular weight excluding hydrogens is 330 g/mol. The number of carbonyl (C=O) groups excluding carboxylic acids is 1. The molecule has 1 aliphatic carbocycles. The molecule has 1 saturated carbocycles. The number of rotatable bonds is 4. The normalized spacial score (nSPS) is 13.8. The van der Waals surface area contributed by atoms with Gasteiger partial charge in [-0.3, -0.25) is 0 Å². The summed E-state index contributed by atoms with van der Waals surface area (Å²) in [4.78, 5) is 23.3. The number of aromatic carboxylic acids is 1. The van der Waals surface area contributed by atoms with Crippen molar-refractivity contribution in [3.63, 3.8) is 0 Å². The summed E-state index contributed by atoms with van der Waals surface area (Å²) < 4.78 is 6.94. The van der Waals surface area contributed by atoms with E-state index in [-0.39, 0.29) is 5.56 Å². The lowest BCUT2D eigenvalue weighted by Gasteiger charge is -2.10. The number of benzene rings is 2. The maximum Gasteiger partial charge on any atom is 0.337 e. The molecule has 1 aromatic heterocycles. The SMILES string of the molecule is COC(=O)c1ccc(-c2cc(C(=O)O)cc3c2c(C)cn3C2CC2)cc1. The van der Waals surface area contributed by atoms with Gasteiger partial charge in [-0.1, -0.05) is 12.1 Å². The van der Waals surface area contributed by atoms with Crippen LogP contribution >= 0.6 is 0 Å². The third-order valence-corrected chi connectivity index (χ3v) is 4.93. The fourth-order valence-electron chi connectivity index (χ4n) is 3.50. The van der Waals surface area contributed by atoms with E-state index in [1.807, 2.05) is 19.1 Å². The summed E-state index contributed by atoms with van der Waals surface area (Å²) in [6, 6.07) is 11.0. The van der Waals surface area contributed by atoms with Crippen molar-refractivity contribution >= 4 is 22.8 Å². The number of hydrogen-bond donors (Lipinski definition) is 1. The standard InChI is InChI=1S/C21H19NO4/c1-12-11-22(16-7-8-16)18-10-15(20(23)24)9-17(19(12)18)13-3-5-14(6-4-13)21(25)26-2/h3-6,9-11,16H,7-8H2,1-2H3,(H,23,24). The van der Waals surface area contributed by atoms with Gasteiger partial charge in [-0.15, -0.1) is 0 Å². The molecule has 0 aliphatic heterocycles. The molecule has 1 fully saturated rings. The summed E-state index contributed by atoms with van der Waals surface area (Å²) in [5.74, 6) is -1.34. The average Bonchev–Trinajstić information content (AvgIpc) is 3.44. The molecule has 0 saturated heterocycles. The number of hydrogen-bond acceptors (Lipinski definition) is 3. The highest BCUT2D eigenvalue weighted by atomic mass is 16.5. The van der Waals surface area contributed by atoms with Gasteiger partial charge >= 0.3 is 11.9 Å². The van der Waals surface area contributed by atoms with Gasteiger partial charge in [0.25, 0.3) is 0 Å². The van der Waals surface area contributed by atoms with Gasteiger partial charge in [-0.05, 0) is 60.7 Å². The molecular formula is C21H19NO4. The molecule has 1 N–H and O–H groups in total. The van der Waals surface area contributed by atoms with Crippen molar-refractivity contribution in [2.45, 2.75) is 25.8 Å². The van der Waals surface area contributed by atoms with Crippen LogP contribution in [0.25, 0.3) is 22.0 Å². The molecule has 26 heavy (non-hydrogen) atoms. The number of carboxylic acid groups (broad SMARTS) is 1. The number of aromatic nitrogens is 1. The molecule has 1 heterocycles. The molecule has 5 heteroatoms. The highest BCUT2D eigenvalue weighted by molar-refractivity contribution is 6.04. The van der Waals surface area contributed by atoms with Crippen molar-refractivity contribution in [3.8, 4) is 11.1 Å². The third-order valence-electron chi connectivity index (χ3n) is 4.93. The number of carbonyl (C=O) groups is 2. The number of fused-ring (bicyclic) bond motifs is 1. The molecule has 5 nitrogen and oxygen atoms in total. The van der Waals surface area contributed by atoms with Gasteiger partial charge < -0.3 is 14.4 Å². The van der Waals surface area contributed by atoms with Crippen LogP contribution in [0.15, 0.2) is 42.6 Å². The molecule has 2 aromatic carbocycles. The van der Waals surface area contributed by atoms with Crippen LogP contribution in [0.2, 0.25) is 0 Å². The van der Waals surface area contributed by atoms with Crippen molar-refractivity contribution in [3.05, 3.63) is 59.3 Å². The van der Waals surface area contributed by atoms with Crippen LogP contribution < -0.4 is 0 Å². The van der Waals surface area contributed by atoms with Gasteiger partial charge in [-0.25, -0.2) is 9.59 Å². The predicted molar refractivity (Wildman–Crippen MR) is 98.7 cm³/mol. The summed E-state index contributed by atoms with van der Waals surface area (Å²) >= 11 is 0. The molecule has 4 rings (SSSR count). The Morgan fingerprint density at radius 3 is 2.38 bits per heavy atom. The zero-order valence-corrected chi connectivity index (χ0v) is 14.7. The van der Waals surface area contributed by atoms with Crippen molar-refractivity contribution < 1.29 is 19.4 Å². The largest absolute Gasteiger partial charge is 0.478 e. The molecule has 3 aromatic rings. The van der Waals surface area contributed by atoms with Crippen LogP contribution in [0.5, 0.6) is 0 Å². The first-order valence-corrected chi connectivity index (χ1v) is 8.57. The zero-order chi connectivity index (χ0) is 18.4. The Hall–Kier alpha value is -3.08. The van der Waals surface area contributed by atoms with Gasteiger partial charge in [0, 0.05) is 17.6 Å². The number of aryl methyl sites for hydroxylation is 1. The fraction of sp³-hybridized carbons (Fsp3) is 0.238. The minimum absolute atomic E-state index is 0.268. The minimum atomic E-state index is -0.944. The van der Waals surface area contributed by atoms with Gasteiger partial charge in [0.15, 0.2) is 0 Å². The Morgan fingerprint density at radius 2 is 1.81 bits per heavy atom. The lowest BCUT2D eigenvalue weighted by molar-refractivity contribution is 0.0600. The van der Waals surface area contributed by atoms with E-state index in [9.17, 15) is 14.7 Å². The highest BCUT2D eigenvalue weighted by Crippen LogP contribution is 2.41. The Kier molecular flexibility index (Phi) is 3.80. The molecule has 0 atom stereocenters. The van der Waals surface area contributed by atoms with Crippen molar-refractivity contribution in [1.82, 2.24) is 4.57 Å². The third kappa shape index (κ3) is 2.65. The Balaban J connectivity index is 1.93. The summed E-state index contributed by atoms with van der Waals surface area (Å²) in [7, 11) is 1.35. The van der Waals surface area contributed by atoms with Crippen LogP contribution in [0, 0.1) is 6.92 Å². The predicted octanol–water partition coefficient (Wildman–Crippen LogP) is 4.44. The molecule has 0 unspecified atom stereocenters. The Labute approximate surface area is 150 Å². The van der Waals surface area contributed by atoms with E-state index in [0.717, 1.165) is 40.4 Å². The van der Waals surface area contributed by atoms with Crippen LogP contribution in [0.3, 0.4) is 0 Å². The van der Waals surface area contributed by atoms with E-state index in [1.165, 1.54) is 7.11 Å². The van der Waals surface area contributed by atoms with E-state index in [2.05, 4.69) is 10.8 Å². The number of methoxy groups -OCH3 is 1. The monoisotopic (exact) mass is 349 g/mol. The number of nitrogens with zero attached hydrogens (tertiary/aromatic N) is 1. The van der Waals surface area contributed by atoms with Crippen LogP contribution in [0.1, 0.15) is 45.2 Å². The number of esters is 1. The van der Waals surface area contributed by atoms with Gasteiger partial charge in [0.1, 0.15) is 0 Å². The summed E-state index contributed by atoms with van der Waals surface area (Å²) in [6.07, 6.45) is 4.37. The summed E-state index contributed by atoms with van der Waals surface area (Å²) in [6.45, 7) is 2.05. The quantitative estimate of drug-likeness (QED) is 0.707. The smallest absolute Gasteiger partial charge is 0.337 e. The lowest BCUT2D eigenvalue weighted by Crippen LogP contribution is -2.01. The topological polar surface area (TPSA) is 68.5 Å². The van der Waals surface area contributed by atoms with Gasteiger partial charge in [0.2, 0.25) is 0 Å². The van der Waals surface area contributed by atoms with Crippen molar-refractivity contribution in [2.75, 3.05) is 7.11 Å². The lowest BCUT2D eigenvalue weighted by atomic mass is 9.96. The van der Waals surface area contributed by atoms with Crippen molar-refractivity contribution in [2.24, 2.45) is 0 Å². The zero-order valence-electron chi connectivity index (χ0n) is 14.7. The van der Waals surface area contributed by atoms with E-state index < -0.39 is 11.9 Å². The second-order valence-corrected chi connectivity index (χ2v) is 6.74. The maximum atomic E-state index is 11.7. The Morgan fingerprint density at radius 1 is 1.12 bits per heavy atom. The second kappa shape index (κ2) is 6.02. The van der Waals surface area contributed by atoms with Crippen LogP contribution in [-0.2, 0) is 4.74 Å². The van der Waals surface area contributed by atoms with E-state index in [1.54, 1.807) is 24.3 Å². The second-order valence-electron chi connectivity index (χ2n) is 6.74. The van der Waals surface area contributed by atoms with E-state index in [0.29, 0.717) is 11.6 Å². The minimum Gasteiger partial charge on any atom is -0.478 e. The fourth-order valence-corrected chi connectivity index (χ4v) is 3.50. The molecule has 1 aliphatic rings. The first kappa shape index (κ1) is 16.4. The number of carboxylic acids is 1. The van der Waals surface area contributed by atoms with E-state index in [4.69, 9.17) is 4.74 Å². The first-order chi connectivity index (χ1) is 12.5. The van der Waals surface area contributed by atoms with Crippen molar-refractivity contribution in [1.29, 1.82) is 0 Å². The van der Waals surface area contributed by atoms with Gasteiger partial charge in [-0.2, -0.15) is 0 Å². The molecule has 0 radical (unpaired) electrons. The Bertz CT molecular complexity index is 1030. The molecule has 0 amide bonds. The van der Waals surface area contributed by atoms with Gasteiger partial charge in [0.05, 0.1) is 23.8 Å². The van der Waals surface area contributed by atoms with E-state index >= 15 is 0 Å². The first-order valence-electron chi connectivity index (χ1n) is 8.57. The summed E-state index contributed by atoms with van der Waals surface area (Å²) in [5.41, 5.74) is 4.56. The average molecular weight is 349 g/mol. The summed E-state index contributed by atoms with van der Waals surface area (Å²) in [5, 5.41) is 10.6. The highest BCUT2D eigenvalue weighted by Gasteiger charge is 2.27. The maximum absolute atomic E-state index is 11.7. The van der Waals surface area contributed by atoms with Crippen LogP contribution in [0.4, 0.5) is 0 Å². The molecule has 0 spiro atoms. The molecule has 0 bridgehead atoms. The van der Waals surface area contributed by atoms with Crippen LogP contribution in [-0.4, -0.2) is 28.7 Å². The number of ether oxygens (including phenoxy) is 1.